The first-order chi connectivity index (χ1) is 9.20. The topological polar surface area (TPSA) is 37.8 Å². The van der Waals surface area contributed by atoms with Crippen LogP contribution in [0.25, 0.3) is 0 Å². The van der Waals surface area contributed by atoms with Gasteiger partial charge in [-0.1, -0.05) is 48.4 Å². The van der Waals surface area contributed by atoms with Crippen LogP contribution in [0.2, 0.25) is 5.15 Å². The van der Waals surface area contributed by atoms with E-state index in [1.165, 1.54) is 17.5 Å². The van der Waals surface area contributed by atoms with E-state index in [1.807, 2.05) is 0 Å². The average molecular weight is 276 g/mol. The number of aryl methyl sites for hydroxylation is 1. The molecule has 1 aromatic carbocycles. The molecule has 3 nitrogen and oxygen atoms in total. The summed E-state index contributed by atoms with van der Waals surface area (Å²) in [5.41, 5.74) is 3.59. The number of nitrogens with zero attached hydrogens (tertiary/aromatic N) is 2. The van der Waals surface area contributed by atoms with E-state index in [9.17, 15) is 0 Å². The van der Waals surface area contributed by atoms with Gasteiger partial charge in [0.25, 0.3) is 0 Å². The van der Waals surface area contributed by atoms with Crippen LogP contribution in [0.4, 0.5) is 5.82 Å². The second-order valence-corrected chi connectivity index (χ2v) is 4.87. The first kappa shape index (κ1) is 13.8. The van der Waals surface area contributed by atoms with Gasteiger partial charge in [0.1, 0.15) is 17.3 Å². The molecule has 0 amide bonds. The molecule has 0 aliphatic heterocycles. The molecule has 1 N–H and O–H groups in total. The molecule has 0 unspecified atom stereocenters. The Morgan fingerprint density at radius 3 is 2.84 bits per heavy atom. The standard InChI is InChI=1S/C15H18ClN3/c1-3-13-14(16)18-10-19-15(13)17-8-7-12-6-4-5-11(2)9-12/h4-6,9-10H,3,7-8H2,1-2H3,(H,17,18,19). The van der Waals surface area contributed by atoms with Crippen LogP contribution in [0.5, 0.6) is 0 Å². The molecular formula is C15H18ClN3. The first-order valence-electron chi connectivity index (χ1n) is 6.49. The number of rotatable bonds is 5. The fourth-order valence-electron chi connectivity index (χ4n) is 2.05. The Balaban J connectivity index is 1.98. The first-order valence-corrected chi connectivity index (χ1v) is 6.87. The summed E-state index contributed by atoms with van der Waals surface area (Å²) in [4.78, 5) is 8.26. The summed E-state index contributed by atoms with van der Waals surface area (Å²) in [7, 11) is 0. The van der Waals surface area contributed by atoms with E-state index >= 15 is 0 Å². The van der Waals surface area contributed by atoms with Crippen LogP contribution in [0.1, 0.15) is 23.6 Å². The zero-order chi connectivity index (χ0) is 13.7. The smallest absolute Gasteiger partial charge is 0.137 e. The summed E-state index contributed by atoms with van der Waals surface area (Å²) in [5, 5.41) is 3.87. The molecule has 2 aromatic rings. The van der Waals surface area contributed by atoms with Crippen molar-refractivity contribution in [1.29, 1.82) is 0 Å². The Morgan fingerprint density at radius 2 is 2.11 bits per heavy atom. The van der Waals surface area contributed by atoms with Crippen molar-refractivity contribution < 1.29 is 0 Å². The highest BCUT2D eigenvalue weighted by molar-refractivity contribution is 6.30. The molecule has 0 aliphatic rings. The lowest BCUT2D eigenvalue weighted by molar-refractivity contribution is 0.972. The third kappa shape index (κ3) is 3.67. The summed E-state index contributed by atoms with van der Waals surface area (Å²) in [6, 6.07) is 8.54. The van der Waals surface area contributed by atoms with Crippen molar-refractivity contribution in [3.8, 4) is 0 Å². The van der Waals surface area contributed by atoms with E-state index in [0.717, 1.165) is 30.8 Å². The van der Waals surface area contributed by atoms with E-state index in [2.05, 4.69) is 53.4 Å². The molecule has 0 saturated carbocycles. The average Bonchev–Trinajstić information content (AvgIpc) is 2.39. The molecule has 19 heavy (non-hydrogen) atoms. The molecule has 0 saturated heterocycles. The normalized spacial score (nSPS) is 10.5. The minimum Gasteiger partial charge on any atom is -0.369 e. The van der Waals surface area contributed by atoms with E-state index in [0.29, 0.717) is 5.15 Å². The summed E-state index contributed by atoms with van der Waals surface area (Å²) in [6.07, 6.45) is 3.29. The zero-order valence-corrected chi connectivity index (χ0v) is 12.0. The van der Waals surface area contributed by atoms with Crippen molar-refractivity contribution >= 4 is 17.4 Å². The fraction of sp³-hybridized carbons (Fsp3) is 0.333. The van der Waals surface area contributed by atoms with E-state index in [4.69, 9.17) is 11.6 Å². The third-order valence-corrected chi connectivity index (χ3v) is 3.36. The summed E-state index contributed by atoms with van der Waals surface area (Å²) in [6.45, 7) is 5.00. The maximum atomic E-state index is 6.06. The second kappa shape index (κ2) is 6.53. The molecule has 0 fully saturated rings. The minimum atomic E-state index is 0.538. The molecular weight excluding hydrogens is 258 g/mol. The number of benzene rings is 1. The van der Waals surface area contributed by atoms with Gasteiger partial charge in [-0.05, 0) is 25.3 Å². The van der Waals surface area contributed by atoms with E-state index < -0.39 is 0 Å². The second-order valence-electron chi connectivity index (χ2n) is 4.51. The maximum absolute atomic E-state index is 6.06. The highest BCUT2D eigenvalue weighted by atomic mass is 35.5. The Morgan fingerprint density at radius 1 is 1.26 bits per heavy atom. The van der Waals surface area contributed by atoms with Crippen LogP contribution in [0.3, 0.4) is 0 Å². The number of hydrogen-bond acceptors (Lipinski definition) is 3. The Kier molecular flexibility index (Phi) is 4.74. The van der Waals surface area contributed by atoms with Gasteiger partial charge >= 0.3 is 0 Å². The maximum Gasteiger partial charge on any atom is 0.137 e. The number of halogens is 1. The molecule has 0 aliphatic carbocycles. The molecule has 1 aromatic heterocycles. The van der Waals surface area contributed by atoms with Gasteiger partial charge in [-0.15, -0.1) is 0 Å². The van der Waals surface area contributed by atoms with Crippen molar-refractivity contribution in [3.05, 3.63) is 52.4 Å². The van der Waals surface area contributed by atoms with Crippen LogP contribution in [-0.4, -0.2) is 16.5 Å². The number of hydrogen-bond donors (Lipinski definition) is 1. The lowest BCUT2D eigenvalue weighted by atomic mass is 10.1. The van der Waals surface area contributed by atoms with Crippen LogP contribution >= 0.6 is 11.6 Å². The molecule has 0 radical (unpaired) electrons. The number of aromatic nitrogens is 2. The van der Waals surface area contributed by atoms with Gasteiger partial charge in [0.2, 0.25) is 0 Å². The largest absolute Gasteiger partial charge is 0.369 e. The zero-order valence-electron chi connectivity index (χ0n) is 11.3. The van der Waals surface area contributed by atoms with Crippen molar-refractivity contribution in [2.24, 2.45) is 0 Å². The van der Waals surface area contributed by atoms with Gasteiger partial charge in [0.05, 0.1) is 0 Å². The molecule has 0 atom stereocenters. The van der Waals surface area contributed by atoms with Crippen molar-refractivity contribution in [2.45, 2.75) is 26.7 Å². The monoisotopic (exact) mass is 275 g/mol. The van der Waals surface area contributed by atoms with Gasteiger partial charge in [-0.3, -0.25) is 0 Å². The van der Waals surface area contributed by atoms with Crippen LogP contribution in [0.15, 0.2) is 30.6 Å². The lowest BCUT2D eigenvalue weighted by Crippen LogP contribution is -2.09. The van der Waals surface area contributed by atoms with Gasteiger partial charge in [-0.25, -0.2) is 9.97 Å². The molecule has 0 spiro atoms. The van der Waals surface area contributed by atoms with Gasteiger partial charge in [-0.2, -0.15) is 0 Å². The van der Waals surface area contributed by atoms with Crippen molar-refractivity contribution in [1.82, 2.24) is 9.97 Å². The third-order valence-electron chi connectivity index (χ3n) is 3.03. The Labute approximate surface area is 119 Å². The highest BCUT2D eigenvalue weighted by Crippen LogP contribution is 2.20. The summed E-state index contributed by atoms with van der Waals surface area (Å²) in [5.74, 6) is 0.843. The van der Waals surface area contributed by atoms with Crippen molar-refractivity contribution in [2.75, 3.05) is 11.9 Å². The summed E-state index contributed by atoms with van der Waals surface area (Å²) >= 11 is 6.06. The van der Waals surface area contributed by atoms with Gasteiger partial charge in [0.15, 0.2) is 0 Å². The SMILES string of the molecule is CCc1c(Cl)ncnc1NCCc1cccc(C)c1. The Hall–Kier alpha value is -1.61. The van der Waals surface area contributed by atoms with Gasteiger partial charge in [0, 0.05) is 12.1 Å². The number of nitrogens with one attached hydrogen (secondary N) is 1. The minimum absolute atomic E-state index is 0.538. The molecule has 100 valence electrons. The predicted molar refractivity (Wildman–Crippen MR) is 79.8 cm³/mol. The van der Waals surface area contributed by atoms with E-state index in [-0.39, 0.29) is 0 Å². The molecule has 4 heteroatoms. The van der Waals surface area contributed by atoms with Crippen LogP contribution in [-0.2, 0) is 12.8 Å². The predicted octanol–water partition coefficient (Wildman–Crippen LogP) is 3.66. The van der Waals surface area contributed by atoms with Crippen LogP contribution < -0.4 is 5.32 Å². The molecule has 1 heterocycles. The fourth-order valence-corrected chi connectivity index (χ4v) is 2.32. The van der Waals surface area contributed by atoms with E-state index in [1.54, 1.807) is 0 Å². The van der Waals surface area contributed by atoms with Crippen molar-refractivity contribution in [3.63, 3.8) is 0 Å². The number of anilines is 1. The quantitative estimate of drug-likeness (QED) is 0.847. The van der Waals surface area contributed by atoms with Gasteiger partial charge < -0.3 is 5.32 Å². The summed E-state index contributed by atoms with van der Waals surface area (Å²) < 4.78 is 0. The molecule has 0 bridgehead atoms. The molecule has 2 rings (SSSR count). The van der Waals surface area contributed by atoms with Crippen LogP contribution in [0, 0.1) is 6.92 Å². The highest BCUT2D eigenvalue weighted by Gasteiger charge is 2.07. The lowest BCUT2D eigenvalue weighted by Gasteiger charge is -2.10. The Bertz CT molecular complexity index is 555.